The van der Waals surface area contributed by atoms with Crippen molar-refractivity contribution in [3.05, 3.63) is 102 Å². The Balaban J connectivity index is 1.66. The molecule has 512 valence electrons. The molecule has 0 aromatic heterocycles. The van der Waals surface area contributed by atoms with Gasteiger partial charge in [-0.05, 0) is 105 Å². The number of nitrogens with zero attached hydrogens (tertiary/aromatic N) is 4. The number of carboxylic acids is 1. The molecule has 24 nitrogen and oxygen atoms in total. The van der Waals surface area contributed by atoms with Crippen molar-refractivity contribution in [2.24, 2.45) is 41.1 Å². The SMILES string of the molecule is C=C/C(=C\C=C(/C)CCN(C)[C@H](C(=O)N[C@H](C(=O)N(C)[C@@H]([C@@H](C)CC)[C@@H](CC(=O)N1CCC[C@H]1[C@H](OC)[C@@H](C)C(=O)N[C@@H](Cc1ccccc1)C(=O)O)OC)C(C)C)C(C)C)N(C)C(=O)OCc1ccc(NC(=O)[C@H](CCCNC(N)=O)NC(=O)[C@@H](N)C(C)C)cc1. The first-order chi connectivity index (χ1) is 43.4. The second kappa shape index (κ2) is 39.0. The predicted molar refractivity (Wildman–Crippen MR) is 355 cm³/mol. The molecule has 9 amide bonds. The van der Waals surface area contributed by atoms with E-state index >= 15 is 0 Å². The van der Waals surface area contributed by atoms with Gasteiger partial charge in [0.2, 0.25) is 35.4 Å². The Morgan fingerprint density at radius 3 is 1.99 bits per heavy atom. The third-order valence-corrected chi connectivity index (χ3v) is 17.2. The van der Waals surface area contributed by atoms with Gasteiger partial charge in [-0.25, -0.2) is 14.4 Å². The minimum absolute atomic E-state index is 0.0792. The Hall–Kier alpha value is -7.67. The molecular weight excluding hydrogens is 1180 g/mol. The molecule has 11 atom stereocenters. The fourth-order valence-corrected chi connectivity index (χ4v) is 11.4. The molecule has 2 aromatic carbocycles. The molecule has 1 saturated heterocycles. The Labute approximate surface area is 545 Å². The fraction of sp³-hybridized carbons (Fsp3) is 0.603. The molecule has 1 aliphatic heterocycles. The van der Waals surface area contributed by atoms with Crippen molar-refractivity contribution in [2.45, 2.75) is 182 Å². The number of likely N-dealkylation sites (tertiary alicyclic amines) is 1. The van der Waals surface area contributed by atoms with Gasteiger partial charge >= 0.3 is 18.1 Å². The van der Waals surface area contributed by atoms with Crippen LogP contribution in [0.5, 0.6) is 0 Å². The van der Waals surface area contributed by atoms with Crippen LogP contribution in [0, 0.1) is 29.6 Å². The van der Waals surface area contributed by atoms with Crippen LogP contribution in [0.15, 0.2) is 90.7 Å². The summed E-state index contributed by atoms with van der Waals surface area (Å²) < 4.78 is 17.7. The van der Waals surface area contributed by atoms with Crippen LogP contribution in [-0.4, -0.2) is 188 Å². The number of methoxy groups -OCH3 is 2. The average molecular weight is 1290 g/mol. The zero-order valence-corrected chi connectivity index (χ0v) is 57.0. The van der Waals surface area contributed by atoms with Gasteiger partial charge in [0, 0.05) is 65.8 Å². The summed E-state index contributed by atoms with van der Waals surface area (Å²) >= 11 is 0. The van der Waals surface area contributed by atoms with Gasteiger partial charge in [-0.1, -0.05) is 129 Å². The Morgan fingerprint density at radius 2 is 1.43 bits per heavy atom. The highest BCUT2D eigenvalue weighted by molar-refractivity contribution is 5.98. The summed E-state index contributed by atoms with van der Waals surface area (Å²) in [5.74, 6) is -5.08. The minimum atomic E-state index is -1.17. The molecule has 0 spiro atoms. The van der Waals surface area contributed by atoms with Gasteiger partial charge < -0.3 is 67.2 Å². The largest absolute Gasteiger partial charge is 0.480 e. The number of allylic oxidation sites excluding steroid dienone is 3. The average Bonchev–Trinajstić information content (AvgIpc) is 1.47. The van der Waals surface area contributed by atoms with Crippen molar-refractivity contribution in [3.8, 4) is 0 Å². The molecule has 24 heteroatoms. The lowest BCUT2D eigenvalue weighted by Crippen LogP contribution is -2.60. The number of rotatable bonds is 38. The number of benzene rings is 2. The molecule has 92 heavy (non-hydrogen) atoms. The van der Waals surface area contributed by atoms with Crippen molar-refractivity contribution in [2.75, 3.05) is 60.3 Å². The summed E-state index contributed by atoms with van der Waals surface area (Å²) in [6, 6.07) is 9.46. The van der Waals surface area contributed by atoms with Gasteiger partial charge in [0.1, 0.15) is 24.7 Å². The van der Waals surface area contributed by atoms with Gasteiger partial charge in [-0.3, -0.25) is 38.6 Å². The molecule has 0 radical (unpaired) electrons. The maximum absolute atomic E-state index is 14.8. The van der Waals surface area contributed by atoms with Gasteiger partial charge in [0.15, 0.2) is 0 Å². The lowest BCUT2D eigenvalue weighted by Gasteiger charge is -2.41. The lowest BCUT2D eigenvalue weighted by atomic mass is 9.89. The van der Waals surface area contributed by atoms with E-state index < -0.39 is 96.2 Å². The predicted octanol–water partition coefficient (Wildman–Crippen LogP) is 6.35. The number of primary amides is 1. The molecule has 0 bridgehead atoms. The van der Waals surface area contributed by atoms with E-state index in [0.29, 0.717) is 62.1 Å². The van der Waals surface area contributed by atoms with E-state index in [0.717, 1.165) is 11.1 Å². The molecular formula is C68H107N11O13. The van der Waals surface area contributed by atoms with Gasteiger partial charge in [0.05, 0.1) is 48.7 Å². The number of urea groups is 1. The molecule has 0 aliphatic carbocycles. The monoisotopic (exact) mass is 1290 g/mol. The Bertz CT molecular complexity index is 2810. The topological polar surface area (TPSA) is 327 Å². The van der Waals surface area contributed by atoms with E-state index in [1.807, 2.05) is 72.6 Å². The van der Waals surface area contributed by atoms with E-state index in [4.69, 9.17) is 25.7 Å². The standard InChI is InChI=1S/C68H107N11O13/c1-17-45(10)59(54(90-15)39-55(80)79-36-23-27-53(79)60(91-16)46(11)61(81)74-52(66(86)87)38-47-24-20-19-21-25-47)78(14)65(85)57(42(5)6)75-64(84)58(43(7)8)76(12)37-34-44(9)28-33-50(18-2)77(13)68(89)92-40-48-29-31-49(32-30-48)72-62(82)51(26-22-35-71-67(70)88)73-63(83)56(69)41(3)4/h18-21,24-25,28-33,41-43,45-46,51-54,56-60H,2,17,22-23,26-27,34-40,69H2,1,3-16H3,(H,72,82)(H,73,83)(H,74,81)(H,75,84)(H,86,87)(H3,70,71,88)/b44-28+,50-33+/t45-,46+,51-,52-,53-,54+,56-,57-,58-,59-,60+/m0/s1. The van der Waals surface area contributed by atoms with Crippen LogP contribution in [0.25, 0.3) is 0 Å². The van der Waals surface area contributed by atoms with Gasteiger partial charge in [0.25, 0.3) is 0 Å². The molecule has 0 unspecified atom stereocenters. The second-order valence-electron chi connectivity index (χ2n) is 25.2. The summed E-state index contributed by atoms with van der Waals surface area (Å²) in [6.07, 6.45) is 6.02. The van der Waals surface area contributed by atoms with Crippen LogP contribution in [0.4, 0.5) is 15.3 Å². The lowest BCUT2D eigenvalue weighted by molar-refractivity contribution is -0.148. The Kier molecular flexibility index (Phi) is 33.3. The zero-order chi connectivity index (χ0) is 69.1. The Morgan fingerprint density at radius 1 is 0.793 bits per heavy atom. The number of likely N-dealkylation sites (N-methyl/N-ethyl adjacent to an activating group) is 3. The van der Waals surface area contributed by atoms with Crippen LogP contribution in [0.1, 0.15) is 125 Å². The van der Waals surface area contributed by atoms with Gasteiger partial charge in [-0.15, -0.1) is 0 Å². The van der Waals surface area contributed by atoms with Crippen LogP contribution in [-0.2, 0) is 60.8 Å². The first-order valence-corrected chi connectivity index (χ1v) is 32.0. The number of ether oxygens (including phenoxy) is 3. The van der Waals surface area contributed by atoms with Crippen LogP contribution >= 0.6 is 0 Å². The molecule has 1 aliphatic rings. The van der Waals surface area contributed by atoms with E-state index in [1.54, 1.807) is 99.3 Å². The minimum Gasteiger partial charge on any atom is -0.480 e. The molecule has 1 heterocycles. The molecule has 1 fully saturated rings. The number of hydrogen-bond donors (Lipinski definition) is 8. The number of amides is 9. The second-order valence-corrected chi connectivity index (χ2v) is 25.2. The smallest absolute Gasteiger partial charge is 0.414 e. The number of nitrogens with two attached hydrogens (primary N) is 2. The number of carbonyl (C=O) groups is 9. The number of anilines is 1. The van der Waals surface area contributed by atoms with Crippen molar-refractivity contribution in [1.29, 1.82) is 0 Å². The summed E-state index contributed by atoms with van der Waals surface area (Å²) in [7, 11) is 8.11. The van der Waals surface area contributed by atoms with Crippen LogP contribution < -0.4 is 38.1 Å². The van der Waals surface area contributed by atoms with Crippen molar-refractivity contribution in [1.82, 2.24) is 40.9 Å². The quantitative estimate of drug-likeness (QED) is 0.0268. The van der Waals surface area contributed by atoms with E-state index in [-0.39, 0.29) is 73.8 Å². The normalized spacial score (nSPS) is 16.9. The summed E-state index contributed by atoms with van der Waals surface area (Å²) in [5.41, 5.74) is 14.4. The third kappa shape index (κ3) is 24.1. The first kappa shape index (κ1) is 78.6. The number of nitrogens with one attached hydrogen (secondary N) is 5. The van der Waals surface area contributed by atoms with Crippen molar-refractivity contribution >= 4 is 59.2 Å². The van der Waals surface area contributed by atoms with Crippen LogP contribution in [0.3, 0.4) is 0 Å². The summed E-state index contributed by atoms with van der Waals surface area (Å²) in [5, 5.41) is 23.8. The first-order valence-electron chi connectivity index (χ1n) is 32.0. The van der Waals surface area contributed by atoms with Crippen LogP contribution in [0.2, 0.25) is 0 Å². The molecule has 0 saturated carbocycles. The van der Waals surface area contributed by atoms with E-state index in [9.17, 15) is 48.3 Å². The third-order valence-electron chi connectivity index (χ3n) is 17.2. The number of aliphatic carboxylic acids is 1. The molecule has 10 N–H and O–H groups in total. The highest BCUT2D eigenvalue weighted by Crippen LogP contribution is 2.30. The van der Waals surface area contributed by atoms with E-state index in [1.165, 1.54) is 25.2 Å². The van der Waals surface area contributed by atoms with E-state index in [2.05, 4.69) is 33.2 Å². The zero-order valence-electron chi connectivity index (χ0n) is 57.0. The highest BCUT2D eigenvalue weighted by atomic mass is 16.6. The fourth-order valence-electron chi connectivity index (χ4n) is 11.4. The number of carbonyl (C=O) groups excluding carboxylic acids is 8. The maximum Gasteiger partial charge on any atom is 0.414 e. The van der Waals surface area contributed by atoms with Crippen molar-refractivity contribution in [3.63, 3.8) is 0 Å². The number of carboxylic acid groups (broad SMARTS) is 1. The van der Waals surface area contributed by atoms with Gasteiger partial charge in [-0.2, -0.15) is 0 Å². The number of hydrogen-bond acceptors (Lipinski definition) is 14. The summed E-state index contributed by atoms with van der Waals surface area (Å²) in [6.45, 7) is 23.8. The molecule has 2 aromatic rings. The summed E-state index contributed by atoms with van der Waals surface area (Å²) in [4.78, 5) is 127. The molecule has 3 rings (SSSR count). The van der Waals surface area contributed by atoms with Crippen molar-refractivity contribution < 1.29 is 62.5 Å². The highest BCUT2D eigenvalue weighted by Gasteiger charge is 2.44. The maximum atomic E-state index is 14.8.